The van der Waals surface area contributed by atoms with Crippen LogP contribution in [0.25, 0.3) is 0 Å². The van der Waals surface area contributed by atoms with Crippen LogP contribution in [0.3, 0.4) is 0 Å². The molecule has 2 unspecified atom stereocenters. The van der Waals surface area contributed by atoms with Crippen LogP contribution >= 0.6 is 0 Å². The number of likely N-dealkylation sites (tertiary alicyclic amines) is 1. The number of methoxy groups -OCH3 is 2. The third-order valence-corrected chi connectivity index (χ3v) is 3.87. The molecule has 6 heteroatoms. The normalized spacial score (nSPS) is 20.5. The maximum Gasteiger partial charge on any atom is 0.325 e. The first-order valence-corrected chi connectivity index (χ1v) is 6.82. The Balaban J connectivity index is 2.07. The van der Waals surface area contributed by atoms with Crippen LogP contribution in [0.2, 0.25) is 0 Å². The maximum absolute atomic E-state index is 13.3. The van der Waals surface area contributed by atoms with Crippen molar-refractivity contribution in [1.29, 1.82) is 0 Å². The second-order valence-electron chi connectivity index (χ2n) is 5.15. The molecule has 1 aliphatic rings. The van der Waals surface area contributed by atoms with Crippen molar-refractivity contribution in [2.75, 3.05) is 33.9 Å². The molecule has 0 spiro atoms. The molecule has 2 rings (SSSR count). The number of carbonyl (C=O) groups is 1. The fourth-order valence-corrected chi connectivity index (χ4v) is 2.73. The highest BCUT2D eigenvalue weighted by atomic mass is 19.2. The molecule has 1 saturated heterocycles. The van der Waals surface area contributed by atoms with Crippen molar-refractivity contribution in [3.05, 3.63) is 35.4 Å². The van der Waals surface area contributed by atoms with E-state index in [2.05, 4.69) is 0 Å². The van der Waals surface area contributed by atoms with Crippen molar-refractivity contribution in [3.63, 3.8) is 0 Å². The van der Waals surface area contributed by atoms with Gasteiger partial charge in [0.1, 0.15) is 6.04 Å². The number of nitrogens with zero attached hydrogens (tertiary/aromatic N) is 1. The molecule has 1 aliphatic heterocycles. The number of carbonyl (C=O) groups excluding carboxylic acids is 1. The lowest BCUT2D eigenvalue weighted by Gasteiger charge is -2.24. The molecular weight excluding hydrogens is 280 g/mol. The van der Waals surface area contributed by atoms with Gasteiger partial charge in [-0.05, 0) is 36.6 Å². The lowest BCUT2D eigenvalue weighted by molar-refractivity contribution is -0.148. The second-order valence-corrected chi connectivity index (χ2v) is 5.15. The van der Waals surface area contributed by atoms with Gasteiger partial charge in [-0.1, -0.05) is 6.07 Å². The Kier molecular flexibility index (Phi) is 5.25. The van der Waals surface area contributed by atoms with Gasteiger partial charge in [0.05, 0.1) is 13.7 Å². The Morgan fingerprint density at radius 2 is 2.14 bits per heavy atom. The summed E-state index contributed by atoms with van der Waals surface area (Å²) >= 11 is 0. The fraction of sp³-hybridized carbons (Fsp3) is 0.533. The van der Waals surface area contributed by atoms with Crippen molar-refractivity contribution in [3.8, 4) is 0 Å². The van der Waals surface area contributed by atoms with E-state index in [-0.39, 0.29) is 18.5 Å². The van der Waals surface area contributed by atoms with Gasteiger partial charge in [0.25, 0.3) is 0 Å². The number of esters is 1. The first-order valence-electron chi connectivity index (χ1n) is 6.82. The van der Waals surface area contributed by atoms with Gasteiger partial charge in [-0.15, -0.1) is 0 Å². The summed E-state index contributed by atoms with van der Waals surface area (Å²) in [6.45, 7) is 1.53. The summed E-state index contributed by atoms with van der Waals surface area (Å²) in [5.41, 5.74) is 0.748. The van der Waals surface area contributed by atoms with E-state index in [1.165, 1.54) is 20.3 Å². The molecule has 21 heavy (non-hydrogen) atoms. The topological polar surface area (TPSA) is 38.8 Å². The number of hydrogen-bond acceptors (Lipinski definition) is 4. The molecule has 0 bridgehead atoms. The van der Waals surface area contributed by atoms with Crippen LogP contribution in [0.5, 0.6) is 0 Å². The molecule has 1 aromatic rings. The first kappa shape index (κ1) is 15.9. The Labute approximate surface area is 122 Å². The van der Waals surface area contributed by atoms with E-state index in [9.17, 15) is 13.6 Å². The molecule has 1 aromatic carbocycles. The van der Waals surface area contributed by atoms with Gasteiger partial charge in [0.15, 0.2) is 11.6 Å². The summed E-state index contributed by atoms with van der Waals surface area (Å²) < 4.78 is 36.1. The Hall–Kier alpha value is -1.53. The van der Waals surface area contributed by atoms with E-state index in [1.54, 1.807) is 6.07 Å². The third-order valence-electron chi connectivity index (χ3n) is 3.87. The number of benzene rings is 1. The predicted octanol–water partition coefficient (Wildman–Crippen LogP) is 1.94. The van der Waals surface area contributed by atoms with Crippen LogP contribution in [0.4, 0.5) is 8.78 Å². The predicted molar refractivity (Wildman–Crippen MR) is 73.0 cm³/mol. The monoisotopic (exact) mass is 299 g/mol. The quantitative estimate of drug-likeness (QED) is 0.779. The molecule has 2 atom stereocenters. The highest BCUT2D eigenvalue weighted by molar-refractivity contribution is 5.75. The summed E-state index contributed by atoms with van der Waals surface area (Å²) in [6, 6.07) is 3.50. The lowest BCUT2D eigenvalue weighted by atomic mass is 9.98. The lowest BCUT2D eigenvalue weighted by Crippen LogP contribution is -2.43. The van der Waals surface area contributed by atoms with E-state index < -0.39 is 17.7 Å². The number of hydrogen-bond donors (Lipinski definition) is 0. The maximum atomic E-state index is 13.3. The van der Waals surface area contributed by atoms with E-state index in [0.717, 1.165) is 18.1 Å². The minimum absolute atomic E-state index is 0.0733. The molecule has 0 radical (unpaired) electrons. The largest absolute Gasteiger partial charge is 0.468 e. The number of rotatable bonds is 5. The van der Waals surface area contributed by atoms with Crippen molar-refractivity contribution in [2.24, 2.45) is 0 Å². The van der Waals surface area contributed by atoms with E-state index in [0.29, 0.717) is 13.1 Å². The Bertz CT molecular complexity index is 510. The summed E-state index contributed by atoms with van der Waals surface area (Å²) in [4.78, 5) is 13.7. The minimum atomic E-state index is -0.847. The van der Waals surface area contributed by atoms with Crippen LogP contribution in [0.1, 0.15) is 17.9 Å². The van der Waals surface area contributed by atoms with Gasteiger partial charge in [0.2, 0.25) is 0 Å². The molecule has 4 nitrogen and oxygen atoms in total. The number of halogens is 2. The second kappa shape index (κ2) is 6.95. The first-order chi connectivity index (χ1) is 10.1. The average molecular weight is 299 g/mol. The van der Waals surface area contributed by atoms with E-state index in [1.807, 2.05) is 4.90 Å². The molecule has 0 aliphatic carbocycles. The van der Waals surface area contributed by atoms with Gasteiger partial charge in [-0.25, -0.2) is 8.78 Å². The number of ether oxygens (including phenoxy) is 2. The van der Waals surface area contributed by atoms with Crippen molar-refractivity contribution < 1.29 is 23.0 Å². The van der Waals surface area contributed by atoms with E-state index >= 15 is 0 Å². The van der Waals surface area contributed by atoms with Crippen LogP contribution in [0, 0.1) is 11.6 Å². The van der Waals surface area contributed by atoms with Crippen molar-refractivity contribution in [2.45, 2.75) is 18.4 Å². The van der Waals surface area contributed by atoms with Crippen molar-refractivity contribution >= 4 is 5.97 Å². The summed E-state index contributed by atoms with van der Waals surface area (Å²) in [5, 5.41) is 0. The zero-order valence-electron chi connectivity index (χ0n) is 12.1. The zero-order valence-corrected chi connectivity index (χ0v) is 12.1. The van der Waals surface area contributed by atoms with Gasteiger partial charge < -0.3 is 9.47 Å². The van der Waals surface area contributed by atoms with Crippen LogP contribution in [0.15, 0.2) is 18.2 Å². The Morgan fingerprint density at radius 3 is 2.76 bits per heavy atom. The van der Waals surface area contributed by atoms with Crippen LogP contribution in [-0.2, 0) is 14.3 Å². The minimum Gasteiger partial charge on any atom is -0.468 e. The van der Waals surface area contributed by atoms with Crippen LogP contribution < -0.4 is 0 Å². The molecular formula is C15H19F2NO3. The molecule has 0 aromatic heterocycles. The van der Waals surface area contributed by atoms with Crippen molar-refractivity contribution in [1.82, 2.24) is 4.90 Å². The molecule has 116 valence electrons. The summed E-state index contributed by atoms with van der Waals surface area (Å²) in [5.74, 6) is -1.96. The average Bonchev–Trinajstić information content (AvgIpc) is 2.96. The van der Waals surface area contributed by atoms with Crippen LogP contribution in [-0.4, -0.2) is 50.8 Å². The van der Waals surface area contributed by atoms with E-state index in [4.69, 9.17) is 9.47 Å². The standard InChI is InChI=1S/C15H19F2NO3/c1-20-9-14(15(19)21-2)18-6-5-11(8-18)10-3-4-12(16)13(17)7-10/h3-4,7,11,14H,5-6,8-9H2,1-2H3. The summed E-state index contributed by atoms with van der Waals surface area (Å²) in [7, 11) is 2.87. The smallest absolute Gasteiger partial charge is 0.325 e. The SMILES string of the molecule is COCC(C(=O)OC)N1CCC(c2ccc(F)c(F)c2)C1. The van der Waals surface area contributed by atoms with Gasteiger partial charge >= 0.3 is 5.97 Å². The Morgan fingerprint density at radius 1 is 1.38 bits per heavy atom. The van der Waals surface area contributed by atoms with Gasteiger partial charge in [0, 0.05) is 13.7 Å². The molecule has 0 saturated carbocycles. The third kappa shape index (κ3) is 3.57. The van der Waals surface area contributed by atoms with Gasteiger partial charge in [-0.3, -0.25) is 9.69 Å². The molecule has 1 heterocycles. The molecule has 1 fully saturated rings. The molecule has 0 N–H and O–H groups in total. The zero-order chi connectivity index (χ0) is 15.4. The fourth-order valence-electron chi connectivity index (χ4n) is 2.73. The highest BCUT2D eigenvalue weighted by Gasteiger charge is 2.33. The molecule has 0 amide bonds. The van der Waals surface area contributed by atoms with Gasteiger partial charge in [-0.2, -0.15) is 0 Å². The summed E-state index contributed by atoms with van der Waals surface area (Å²) in [6.07, 6.45) is 0.780. The highest BCUT2D eigenvalue weighted by Crippen LogP contribution is 2.29.